The Morgan fingerprint density at radius 2 is 1.65 bits per heavy atom. The topological polar surface area (TPSA) is 185 Å². The van der Waals surface area contributed by atoms with Crippen molar-refractivity contribution in [3.63, 3.8) is 0 Å². The standard InChI is InChI=1S/C13H24N4O6/c1-6(2)10(13(22)23)17-12(21)8(5-18)16-11(20)7(14)3-4-9(15)19/h6-8,10,18H,3-5,14H2,1-2H3,(H2,15,19)(H,16,20)(H,17,21)(H,22,23). The number of aliphatic carboxylic acids is 1. The van der Waals surface area contributed by atoms with Crippen LogP contribution < -0.4 is 22.1 Å². The zero-order valence-electron chi connectivity index (χ0n) is 13.1. The number of rotatable bonds is 10. The number of nitrogens with two attached hydrogens (primary N) is 2. The highest BCUT2D eigenvalue weighted by molar-refractivity contribution is 5.92. The number of carboxylic acids is 1. The van der Waals surface area contributed by atoms with Gasteiger partial charge in [-0.2, -0.15) is 0 Å². The van der Waals surface area contributed by atoms with Gasteiger partial charge in [-0.05, 0) is 12.3 Å². The van der Waals surface area contributed by atoms with E-state index < -0.39 is 48.4 Å². The Labute approximate surface area is 133 Å². The minimum atomic E-state index is -1.34. The Hall–Kier alpha value is -2.20. The second-order valence-electron chi connectivity index (χ2n) is 5.42. The number of aliphatic hydroxyl groups excluding tert-OH is 1. The van der Waals surface area contributed by atoms with Crippen LogP contribution in [0, 0.1) is 5.92 Å². The maximum Gasteiger partial charge on any atom is 0.326 e. The third kappa shape index (κ3) is 7.56. The van der Waals surface area contributed by atoms with Gasteiger partial charge in [-0.25, -0.2) is 4.79 Å². The molecular formula is C13H24N4O6. The summed E-state index contributed by atoms with van der Waals surface area (Å²) in [7, 11) is 0. The van der Waals surface area contributed by atoms with Gasteiger partial charge in [0, 0.05) is 6.42 Å². The molecule has 0 rings (SSSR count). The van der Waals surface area contributed by atoms with E-state index in [0.717, 1.165) is 0 Å². The lowest BCUT2D eigenvalue weighted by Gasteiger charge is -2.23. The minimum Gasteiger partial charge on any atom is -0.480 e. The van der Waals surface area contributed by atoms with Crippen LogP contribution in [-0.4, -0.2) is 58.6 Å². The Morgan fingerprint density at radius 1 is 1.09 bits per heavy atom. The molecule has 10 nitrogen and oxygen atoms in total. The number of carbonyl (C=O) groups is 4. The van der Waals surface area contributed by atoms with Crippen LogP contribution in [0.2, 0.25) is 0 Å². The van der Waals surface area contributed by atoms with Gasteiger partial charge in [0.2, 0.25) is 17.7 Å². The summed E-state index contributed by atoms with van der Waals surface area (Å²) in [6, 6.07) is -3.58. The largest absolute Gasteiger partial charge is 0.480 e. The molecule has 0 aromatic carbocycles. The predicted octanol–water partition coefficient (Wildman–Crippen LogP) is -2.72. The molecule has 0 saturated heterocycles. The molecule has 0 aliphatic carbocycles. The van der Waals surface area contributed by atoms with E-state index in [-0.39, 0.29) is 18.8 Å². The summed E-state index contributed by atoms with van der Waals surface area (Å²) in [5.41, 5.74) is 10.5. The van der Waals surface area contributed by atoms with E-state index >= 15 is 0 Å². The van der Waals surface area contributed by atoms with Crippen LogP contribution in [0.3, 0.4) is 0 Å². The van der Waals surface area contributed by atoms with Crippen molar-refractivity contribution < 1.29 is 29.4 Å². The molecule has 0 fully saturated rings. The first-order valence-corrected chi connectivity index (χ1v) is 7.08. The molecule has 0 radical (unpaired) electrons. The molecule has 132 valence electrons. The summed E-state index contributed by atoms with van der Waals surface area (Å²) in [5, 5.41) is 22.6. The zero-order valence-corrected chi connectivity index (χ0v) is 13.1. The average Bonchev–Trinajstić information content (AvgIpc) is 2.46. The lowest BCUT2D eigenvalue weighted by atomic mass is 10.0. The summed E-state index contributed by atoms with van der Waals surface area (Å²) in [6.07, 6.45) is -0.107. The molecule has 3 atom stereocenters. The summed E-state index contributed by atoms with van der Waals surface area (Å²) < 4.78 is 0. The number of carbonyl (C=O) groups excluding carboxylic acids is 3. The van der Waals surface area contributed by atoms with Crippen molar-refractivity contribution in [2.75, 3.05) is 6.61 Å². The number of hydrogen-bond donors (Lipinski definition) is 6. The van der Waals surface area contributed by atoms with Gasteiger partial charge >= 0.3 is 5.97 Å². The Balaban J connectivity index is 4.69. The number of primary amides is 1. The van der Waals surface area contributed by atoms with Gasteiger partial charge in [0.05, 0.1) is 12.6 Å². The predicted molar refractivity (Wildman–Crippen MR) is 79.8 cm³/mol. The second-order valence-corrected chi connectivity index (χ2v) is 5.42. The average molecular weight is 332 g/mol. The number of amides is 3. The number of aliphatic hydroxyl groups is 1. The fourth-order valence-electron chi connectivity index (χ4n) is 1.67. The van der Waals surface area contributed by atoms with Crippen LogP contribution in [0.25, 0.3) is 0 Å². The maximum absolute atomic E-state index is 12.0. The molecule has 0 heterocycles. The Bertz CT molecular complexity index is 454. The summed E-state index contributed by atoms with van der Waals surface area (Å²) in [4.78, 5) is 45.4. The molecule has 0 aromatic rings. The van der Waals surface area contributed by atoms with Crippen molar-refractivity contribution in [3.8, 4) is 0 Å². The first-order valence-electron chi connectivity index (χ1n) is 7.08. The summed E-state index contributed by atoms with van der Waals surface area (Å²) >= 11 is 0. The molecule has 0 aliphatic rings. The monoisotopic (exact) mass is 332 g/mol. The van der Waals surface area contributed by atoms with E-state index in [1.54, 1.807) is 13.8 Å². The van der Waals surface area contributed by atoms with Gasteiger partial charge in [0.1, 0.15) is 12.1 Å². The smallest absolute Gasteiger partial charge is 0.326 e. The van der Waals surface area contributed by atoms with Crippen LogP contribution in [0.1, 0.15) is 26.7 Å². The third-order valence-corrected chi connectivity index (χ3v) is 3.08. The van der Waals surface area contributed by atoms with Crippen LogP contribution in [0.4, 0.5) is 0 Å². The molecule has 0 spiro atoms. The normalized spacial score (nSPS) is 14.7. The molecular weight excluding hydrogens is 308 g/mol. The van der Waals surface area contributed by atoms with Gasteiger partial charge in [0.15, 0.2) is 0 Å². The highest BCUT2D eigenvalue weighted by Crippen LogP contribution is 2.02. The highest BCUT2D eigenvalue weighted by atomic mass is 16.4. The number of hydrogen-bond acceptors (Lipinski definition) is 6. The molecule has 8 N–H and O–H groups in total. The SMILES string of the molecule is CC(C)C(NC(=O)C(CO)NC(=O)C(N)CCC(N)=O)C(=O)O. The van der Waals surface area contributed by atoms with E-state index in [2.05, 4.69) is 10.6 Å². The zero-order chi connectivity index (χ0) is 18.2. The van der Waals surface area contributed by atoms with Gasteiger partial charge < -0.3 is 32.3 Å². The van der Waals surface area contributed by atoms with E-state index in [1.165, 1.54) is 0 Å². The van der Waals surface area contributed by atoms with Crippen molar-refractivity contribution in [1.29, 1.82) is 0 Å². The lowest BCUT2D eigenvalue weighted by molar-refractivity contribution is -0.143. The van der Waals surface area contributed by atoms with E-state index in [9.17, 15) is 24.3 Å². The quantitative estimate of drug-likeness (QED) is 0.251. The molecule has 0 aromatic heterocycles. The minimum absolute atomic E-state index is 0.00925. The van der Waals surface area contributed by atoms with Crippen molar-refractivity contribution in [1.82, 2.24) is 10.6 Å². The summed E-state index contributed by atoms with van der Waals surface area (Å²) in [6.45, 7) is 2.47. The fourth-order valence-corrected chi connectivity index (χ4v) is 1.67. The van der Waals surface area contributed by atoms with Crippen molar-refractivity contribution in [3.05, 3.63) is 0 Å². The number of nitrogens with one attached hydrogen (secondary N) is 2. The molecule has 0 saturated carbocycles. The molecule has 3 amide bonds. The summed E-state index contributed by atoms with van der Waals surface area (Å²) in [5.74, 6) is -3.83. The first kappa shape index (κ1) is 20.8. The third-order valence-electron chi connectivity index (χ3n) is 3.08. The fraction of sp³-hybridized carbons (Fsp3) is 0.692. The molecule has 0 aliphatic heterocycles. The molecule has 23 heavy (non-hydrogen) atoms. The maximum atomic E-state index is 12.0. The van der Waals surface area contributed by atoms with Gasteiger partial charge in [-0.15, -0.1) is 0 Å². The van der Waals surface area contributed by atoms with Crippen molar-refractivity contribution in [2.24, 2.45) is 17.4 Å². The number of carboxylic acid groups (broad SMARTS) is 1. The van der Waals surface area contributed by atoms with Gasteiger partial charge in [0.25, 0.3) is 0 Å². The Morgan fingerprint density at radius 3 is 2.04 bits per heavy atom. The van der Waals surface area contributed by atoms with Crippen LogP contribution in [-0.2, 0) is 19.2 Å². The van der Waals surface area contributed by atoms with Crippen LogP contribution >= 0.6 is 0 Å². The van der Waals surface area contributed by atoms with Crippen molar-refractivity contribution >= 4 is 23.7 Å². The van der Waals surface area contributed by atoms with Crippen LogP contribution in [0.15, 0.2) is 0 Å². The lowest BCUT2D eigenvalue weighted by Crippen LogP contribution is -2.56. The van der Waals surface area contributed by atoms with E-state index in [4.69, 9.17) is 16.6 Å². The highest BCUT2D eigenvalue weighted by Gasteiger charge is 2.29. The molecule has 10 heteroatoms. The Kier molecular flexibility index (Phi) is 8.81. The van der Waals surface area contributed by atoms with E-state index in [1.807, 2.05) is 0 Å². The van der Waals surface area contributed by atoms with Gasteiger partial charge in [-0.1, -0.05) is 13.8 Å². The van der Waals surface area contributed by atoms with Gasteiger partial charge in [-0.3, -0.25) is 14.4 Å². The molecule has 3 unspecified atom stereocenters. The second kappa shape index (κ2) is 9.74. The molecule has 0 bridgehead atoms. The first-order chi connectivity index (χ1) is 10.6. The van der Waals surface area contributed by atoms with Crippen LogP contribution in [0.5, 0.6) is 0 Å². The van der Waals surface area contributed by atoms with Crippen molar-refractivity contribution in [2.45, 2.75) is 44.8 Å². The van der Waals surface area contributed by atoms with E-state index in [0.29, 0.717) is 0 Å².